The molecule has 3 heteroatoms. The van der Waals surface area contributed by atoms with Crippen LogP contribution in [0.15, 0.2) is 40.2 Å². The predicted octanol–water partition coefficient (Wildman–Crippen LogP) is 2.73. The molecule has 0 saturated heterocycles. The molecule has 0 fully saturated rings. The Balaban J connectivity index is 2.41. The lowest BCUT2D eigenvalue weighted by molar-refractivity contribution is 0.298. The van der Waals surface area contributed by atoms with Crippen molar-refractivity contribution in [3.05, 3.63) is 57.0 Å². The first-order valence-electron chi connectivity index (χ1n) is 7.18. The van der Waals surface area contributed by atoms with Gasteiger partial charge in [-0.3, -0.25) is 4.79 Å². The second-order valence-electron chi connectivity index (χ2n) is 6.72. The molecule has 3 N–H and O–H groups in total. The minimum Gasteiger partial charge on any atom is -0.325 e. The molecule has 1 aromatic rings. The van der Waals surface area contributed by atoms with E-state index in [4.69, 9.17) is 5.73 Å². The monoisotopic (exact) mass is 270 g/mol. The van der Waals surface area contributed by atoms with Crippen molar-refractivity contribution in [2.45, 2.75) is 45.1 Å². The Bertz CT molecular complexity index is 693. The van der Waals surface area contributed by atoms with Gasteiger partial charge in [0.2, 0.25) is 5.56 Å². The van der Waals surface area contributed by atoms with Gasteiger partial charge in [0, 0.05) is 23.1 Å². The van der Waals surface area contributed by atoms with E-state index in [2.05, 4.69) is 44.8 Å². The number of nitrogens with one attached hydrogen (secondary N) is 1. The van der Waals surface area contributed by atoms with Gasteiger partial charge in [0.25, 0.3) is 0 Å². The summed E-state index contributed by atoms with van der Waals surface area (Å²) >= 11 is 0. The van der Waals surface area contributed by atoms with Crippen LogP contribution in [0.5, 0.6) is 0 Å². The van der Waals surface area contributed by atoms with E-state index < -0.39 is 5.54 Å². The van der Waals surface area contributed by atoms with Gasteiger partial charge in [0.05, 0.1) is 5.54 Å². The number of H-pyrrole nitrogens is 1. The maximum absolute atomic E-state index is 11.7. The van der Waals surface area contributed by atoms with Crippen LogP contribution in [-0.4, -0.2) is 4.98 Å². The number of fused-ring (bicyclic) bond motifs is 4. The highest BCUT2D eigenvalue weighted by Crippen LogP contribution is 2.54. The van der Waals surface area contributed by atoms with Crippen molar-refractivity contribution in [1.82, 2.24) is 4.98 Å². The summed E-state index contributed by atoms with van der Waals surface area (Å²) in [6, 6.07) is 3.50. The third-order valence-electron chi connectivity index (χ3n) is 4.99. The summed E-state index contributed by atoms with van der Waals surface area (Å²) in [6.07, 6.45) is 5.29. The average Bonchev–Trinajstić information content (AvgIpc) is 2.36. The fourth-order valence-corrected chi connectivity index (χ4v) is 4.05. The van der Waals surface area contributed by atoms with Crippen molar-refractivity contribution in [2.75, 3.05) is 0 Å². The number of aromatic amines is 1. The first kappa shape index (κ1) is 13.4. The standard InChI is InChI=1S/C17H22N2O/c1-5-11-13-8-10(2)9-17(11,18)12-6-7-14(20)19-15(12)16(13,3)4/h5-8,13H,9,18H2,1-4H3,(H,19,20)/t13-,17-/m1/s1. The summed E-state index contributed by atoms with van der Waals surface area (Å²) in [5.41, 5.74) is 10.8. The van der Waals surface area contributed by atoms with Crippen molar-refractivity contribution < 1.29 is 0 Å². The van der Waals surface area contributed by atoms with Crippen LogP contribution < -0.4 is 11.3 Å². The quantitative estimate of drug-likeness (QED) is 0.712. The molecule has 0 amide bonds. The zero-order chi connectivity index (χ0) is 14.7. The molecule has 2 atom stereocenters. The van der Waals surface area contributed by atoms with Crippen LogP contribution in [0.2, 0.25) is 0 Å². The zero-order valence-electron chi connectivity index (χ0n) is 12.6. The summed E-state index contributed by atoms with van der Waals surface area (Å²) in [5.74, 6) is 0.247. The summed E-state index contributed by atoms with van der Waals surface area (Å²) in [4.78, 5) is 14.8. The molecule has 0 unspecified atom stereocenters. The third kappa shape index (κ3) is 1.53. The Labute approximate surface area is 119 Å². The Hall–Kier alpha value is -1.61. The molecule has 0 spiro atoms. The molecule has 2 aliphatic carbocycles. The van der Waals surface area contributed by atoms with Crippen molar-refractivity contribution >= 4 is 0 Å². The van der Waals surface area contributed by atoms with Crippen molar-refractivity contribution in [1.29, 1.82) is 0 Å². The molecular weight excluding hydrogens is 248 g/mol. The van der Waals surface area contributed by atoms with Gasteiger partial charge < -0.3 is 10.7 Å². The minimum atomic E-state index is -0.479. The SMILES string of the molecule is CC=C1[C@H]2C=C(C)C[C@]1(N)c1ccc(=O)[nH]c1C2(C)C. The molecular formula is C17H22N2O. The maximum Gasteiger partial charge on any atom is 0.248 e. The van der Waals surface area contributed by atoms with E-state index in [-0.39, 0.29) is 16.9 Å². The predicted molar refractivity (Wildman–Crippen MR) is 81.6 cm³/mol. The van der Waals surface area contributed by atoms with Gasteiger partial charge >= 0.3 is 0 Å². The number of pyridine rings is 1. The van der Waals surface area contributed by atoms with E-state index in [1.54, 1.807) is 6.07 Å². The lowest BCUT2D eigenvalue weighted by Crippen LogP contribution is -2.54. The minimum absolute atomic E-state index is 0.0527. The van der Waals surface area contributed by atoms with Crippen LogP contribution in [0.3, 0.4) is 0 Å². The summed E-state index contributed by atoms with van der Waals surface area (Å²) in [6.45, 7) is 8.58. The van der Waals surface area contributed by atoms with Crippen LogP contribution in [-0.2, 0) is 11.0 Å². The number of hydrogen-bond donors (Lipinski definition) is 2. The Morgan fingerprint density at radius 2 is 2.10 bits per heavy atom. The van der Waals surface area contributed by atoms with E-state index in [1.165, 1.54) is 11.1 Å². The molecule has 1 aromatic heterocycles. The Kier molecular flexibility index (Phi) is 2.64. The van der Waals surface area contributed by atoms with Gasteiger partial charge in [-0.2, -0.15) is 0 Å². The van der Waals surface area contributed by atoms with Crippen LogP contribution in [0, 0.1) is 5.92 Å². The highest BCUT2D eigenvalue weighted by atomic mass is 16.1. The summed E-state index contributed by atoms with van der Waals surface area (Å²) in [7, 11) is 0. The van der Waals surface area contributed by atoms with Crippen molar-refractivity contribution in [2.24, 2.45) is 11.7 Å². The fourth-order valence-electron chi connectivity index (χ4n) is 4.05. The van der Waals surface area contributed by atoms with Gasteiger partial charge in [-0.05, 0) is 37.5 Å². The number of hydrogen-bond acceptors (Lipinski definition) is 2. The number of aromatic nitrogens is 1. The normalized spacial score (nSPS) is 32.8. The number of rotatable bonds is 0. The molecule has 1 heterocycles. The first-order chi connectivity index (χ1) is 9.30. The van der Waals surface area contributed by atoms with E-state index in [0.717, 1.165) is 17.7 Å². The largest absolute Gasteiger partial charge is 0.325 e. The van der Waals surface area contributed by atoms with Crippen molar-refractivity contribution in [3.8, 4) is 0 Å². The van der Waals surface area contributed by atoms with E-state index >= 15 is 0 Å². The molecule has 3 rings (SSSR count). The highest BCUT2D eigenvalue weighted by molar-refractivity contribution is 5.53. The van der Waals surface area contributed by atoms with Crippen LogP contribution >= 0.6 is 0 Å². The lowest BCUT2D eigenvalue weighted by Gasteiger charge is -2.52. The Morgan fingerprint density at radius 3 is 2.75 bits per heavy atom. The second kappa shape index (κ2) is 3.95. The smallest absolute Gasteiger partial charge is 0.248 e. The summed E-state index contributed by atoms with van der Waals surface area (Å²) < 4.78 is 0. The Morgan fingerprint density at radius 1 is 1.40 bits per heavy atom. The van der Waals surface area contributed by atoms with Gasteiger partial charge in [0.15, 0.2) is 0 Å². The number of allylic oxidation sites excluding steroid dienone is 2. The van der Waals surface area contributed by atoms with Gasteiger partial charge in [-0.1, -0.05) is 31.6 Å². The molecule has 20 heavy (non-hydrogen) atoms. The average molecular weight is 270 g/mol. The first-order valence-corrected chi connectivity index (χ1v) is 7.18. The molecule has 3 nitrogen and oxygen atoms in total. The van der Waals surface area contributed by atoms with Gasteiger partial charge in [0.1, 0.15) is 0 Å². The maximum atomic E-state index is 11.7. The molecule has 2 bridgehead atoms. The second-order valence-corrected chi connectivity index (χ2v) is 6.72. The molecule has 0 saturated carbocycles. The topological polar surface area (TPSA) is 58.9 Å². The molecule has 0 radical (unpaired) electrons. The van der Waals surface area contributed by atoms with Crippen LogP contribution in [0.25, 0.3) is 0 Å². The third-order valence-corrected chi connectivity index (χ3v) is 4.99. The van der Waals surface area contributed by atoms with Crippen molar-refractivity contribution in [3.63, 3.8) is 0 Å². The van der Waals surface area contributed by atoms with Crippen LogP contribution in [0.4, 0.5) is 0 Å². The molecule has 0 aromatic carbocycles. The van der Waals surface area contributed by atoms with Gasteiger partial charge in [-0.25, -0.2) is 0 Å². The molecule has 106 valence electrons. The van der Waals surface area contributed by atoms with E-state index in [1.807, 2.05) is 6.07 Å². The fraction of sp³-hybridized carbons (Fsp3) is 0.471. The molecule has 0 aliphatic heterocycles. The van der Waals surface area contributed by atoms with E-state index in [9.17, 15) is 4.79 Å². The van der Waals surface area contributed by atoms with Crippen LogP contribution in [0.1, 0.15) is 45.4 Å². The lowest BCUT2D eigenvalue weighted by atomic mass is 9.55. The number of nitrogens with two attached hydrogens (primary N) is 1. The highest BCUT2D eigenvalue weighted by Gasteiger charge is 2.51. The molecule has 2 aliphatic rings. The zero-order valence-corrected chi connectivity index (χ0v) is 12.6. The summed E-state index contributed by atoms with van der Waals surface area (Å²) in [5, 5.41) is 0. The van der Waals surface area contributed by atoms with E-state index in [0.29, 0.717) is 0 Å². The van der Waals surface area contributed by atoms with Gasteiger partial charge in [-0.15, -0.1) is 0 Å².